The van der Waals surface area contributed by atoms with E-state index in [1.54, 1.807) is 13.1 Å². The standard InChI is InChI=1S/C19H25NO3/c1-4-5-6-7-12-18(19(22)23-3)20-13-16(14(2)21)15-10-8-9-11-17(15)20/h8-11,13,18H,4-7,12H2,1-3H3. The molecule has 1 atom stereocenters. The normalized spacial score (nSPS) is 12.3. The molecule has 0 saturated carbocycles. The zero-order valence-corrected chi connectivity index (χ0v) is 14.2. The molecule has 1 heterocycles. The van der Waals surface area contributed by atoms with Gasteiger partial charge in [0.05, 0.1) is 7.11 Å². The quantitative estimate of drug-likeness (QED) is 0.408. The van der Waals surface area contributed by atoms with E-state index < -0.39 is 0 Å². The number of carbonyl (C=O) groups excluding carboxylic acids is 2. The van der Waals surface area contributed by atoms with Gasteiger partial charge in [-0.1, -0.05) is 50.8 Å². The van der Waals surface area contributed by atoms with Gasteiger partial charge in [0.15, 0.2) is 5.78 Å². The highest BCUT2D eigenvalue weighted by atomic mass is 16.5. The van der Waals surface area contributed by atoms with Crippen LogP contribution in [-0.2, 0) is 9.53 Å². The molecule has 2 aromatic rings. The summed E-state index contributed by atoms with van der Waals surface area (Å²) in [5, 5.41) is 0.891. The molecule has 0 aliphatic rings. The number of aromatic nitrogens is 1. The molecule has 1 aromatic carbocycles. The topological polar surface area (TPSA) is 48.3 Å². The summed E-state index contributed by atoms with van der Waals surface area (Å²) >= 11 is 0. The molecule has 0 saturated heterocycles. The van der Waals surface area contributed by atoms with Crippen molar-refractivity contribution in [3.8, 4) is 0 Å². The third-order valence-corrected chi connectivity index (χ3v) is 4.26. The van der Waals surface area contributed by atoms with Crippen molar-refractivity contribution >= 4 is 22.7 Å². The first-order chi connectivity index (χ1) is 11.1. The largest absolute Gasteiger partial charge is 0.467 e. The predicted molar refractivity (Wildman–Crippen MR) is 91.8 cm³/mol. The van der Waals surface area contributed by atoms with Gasteiger partial charge in [0.2, 0.25) is 0 Å². The van der Waals surface area contributed by atoms with Gasteiger partial charge in [-0.15, -0.1) is 0 Å². The van der Waals surface area contributed by atoms with E-state index in [2.05, 4.69) is 6.92 Å². The van der Waals surface area contributed by atoms with Crippen LogP contribution >= 0.6 is 0 Å². The Kier molecular flexibility index (Phi) is 5.97. The molecule has 124 valence electrons. The molecular formula is C19H25NO3. The van der Waals surface area contributed by atoms with Crippen molar-refractivity contribution < 1.29 is 14.3 Å². The summed E-state index contributed by atoms with van der Waals surface area (Å²) in [6, 6.07) is 7.33. The average Bonchev–Trinajstić information content (AvgIpc) is 2.94. The van der Waals surface area contributed by atoms with Crippen LogP contribution in [0.15, 0.2) is 30.5 Å². The summed E-state index contributed by atoms with van der Waals surface area (Å²) in [7, 11) is 1.42. The molecule has 4 nitrogen and oxygen atoms in total. The summed E-state index contributed by atoms with van der Waals surface area (Å²) in [6.45, 7) is 3.72. The van der Waals surface area contributed by atoms with E-state index in [1.807, 2.05) is 28.8 Å². The first kappa shape index (κ1) is 17.3. The zero-order chi connectivity index (χ0) is 16.8. The smallest absolute Gasteiger partial charge is 0.328 e. The lowest BCUT2D eigenvalue weighted by Crippen LogP contribution is -2.20. The monoisotopic (exact) mass is 315 g/mol. The minimum Gasteiger partial charge on any atom is -0.467 e. The highest BCUT2D eigenvalue weighted by Crippen LogP contribution is 2.28. The Morgan fingerprint density at radius 2 is 1.91 bits per heavy atom. The SMILES string of the molecule is CCCCCCC(C(=O)OC)n1cc(C(C)=O)c2ccccc21. The lowest BCUT2D eigenvalue weighted by atomic mass is 10.1. The summed E-state index contributed by atoms with van der Waals surface area (Å²) in [5.41, 5.74) is 1.56. The molecule has 1 aromatic heterocycles. The number of esters is 1. The van der Waals surface area contributed by atoms with Crippen LogP contribution < -0.4 is 0 Å². The van der Waals surface area contributed by atoms with Gasteiger partial charge >= 0.3 is 5.97 Å². The Bertz CT molecular complexity index is 687. The number of methoxy groups -OCH3 is 1. The van der Waals surface area contributed by atoms with Gasteiger partial charge in [-0.2, -0.15) is 0 Å². The molecule has 2 rings (SSSR count). The molecule has 0 aliphatic carbocycles. The minimum absolute atomic E-state index is 0.00884. The van der Waals surface area contributed by atoms with Crippen LogP contribution in [-0.4, -0.2) is 23.4 Å². The molecular weight excluding hydrogens is 290 g/mol. The van der Waals surface area contributed by atoms with E-state index >= 15 is 0 Å². The zero-order valence-electron chi connectivity index (χ0n) is 14.2. The minimum atomic E-state index is -0.380. The third-order valence-electron chi connectivity index (χ3n) is 4.26. The first-order valence-electron chi connectivity index (χ1n) is 8.28. The average molecular weight is 315 g/mol. The number of unbranched alkanes of at least 4 members (excludes halogenated alkanes) is 3. The molecule has 0 spiro atoms. The maximum absolute atomic E-state index is 12.3. The predicted octanol–water partition coefficient (Wildman–Crippen LogP) is 4.53. The van der Waals surface area contributed by atoms with E-state index in [-0.39, 0.29) is 17.8 Å². The van der Waals surface area contributed by atoms with Crippen LogP contribution in [0.3, 0.4) is 0 Å². The van der Waals surface area contributed by atoms with Crippen LogP contribution in [0.5, 0.6) is 0 Å². The van der Waals surface area contributed by atoms with E-state index in [9.17, 15) is 9.59 Å². The van der Waals surface area contributed by atoms with Crippen molar-refractivity contribution in [1.29, 1.82) is 0 Å². The number of hydrogen-bond acceptors (Lipinski definition) is 3. The summed E-state index contributed by atoms with van der Waals surface area (Å²) in [6.07, 6.45) is 6.91. The number of fused-ring (bicyclic) bond motifs is 1. The number of ether oxygens (including phenoxy) is 1. The molecule has 0 N–H and O–H groups in total. The fraction of sp³-hybridized carbons (Fsp3) is 0.474. The first-order valence-corrected chi connectivity index (χ1v) is 8.28. The second-order valence-electron chi connectivity index (χ2n) is 5.91. The van der Waals surface area contributed by atoms with Crippen molar-refractivity contribution in [2.45, 2.75) is 52.0 Å². The number of ketones is 1. The molecule has 1 unspecified atom stereocenters. The van der Waals surface area contributed by atoms with Gasteiger partial charge in [-0.25, -0.2) is 4.79 Å². The molecule has 0 aliphatic heterocycles. The second-order valence-corrected chi connectivity index (χ2v) is 5.91. The van der Waals surface area contributed by atoms with E-state index in [4.69, 9.17) is 4.74 Å². The second kappa shape index (κ2) is 7.95. The fourth-order valence-electron chi connectivity index (χ4n) is 3.01. The number of carbonyl (C=O) groups is 2. The molecule has 0 amide bonds. The van der Waals surface area contributed by atoms with Gasteiger partial charge in [-0.3, -0.25) is 4.79 Å². The summed E-state index contributed by atoms with van der Waals surface area (Å²) < 4.78 is 6.90. The number of para-hydroxylation sites is 1. The molecule has 0 bridgehead atoms. The lowest BCUT2D eigenvalue weighted by molar-refractivity contribution is -0.144. The van der Waals surface area contributed by atoms with E-state index in [0.717, 1.165) is 36.6 Å². The van der Waals surface area contributed by atoms with Crippen molar-refractivity contribution in [3.63, 3.8) is 0 Å². The maximum Gasteiger partial charge on any atom is 0.328 e. The number of hydrogen-bond donors (Lipinski definition) is 0. The van der Waals surface area contributed by atoms with Crippen molar-refractivity contribution in [3.05, 3.63) is 36.0 Å². The van der Waals surface area contributed by atoms with Crippen molar-refractivity contribution in [2.75, 3.05) is 7.11 Å². The number of nitrogens with zero attached hydrogens (tertiary/aromatic N) is 1. The maximum atomic E-state index is 12.3. The highest BCUT2D eigenvalue weighted by Gasteiger charge is 2.24. The molecule has 23 heavy (non-hydrogen) atoms. The Labute approximate surface area is 137 Å². The van der Waals surface area contributed by atoms with Crippen LogP contribution in [0.25, 0.3) is 10.9 Å². The van der Waals surface area contributed by atoms with Gasteiger partial charge in [-0.05, 0) is 19.4 Å². The van der Waals surface area contributed by atoms with Gasteiger partial charge in [0, 0.05) is 22.7 Å². The van der Waals surface area contributed by atoms with E-state index in [1.165, 1.54) is 13.5 Å². The Hall–Kier alpha value is -2.10. The third kappa shape index (κ3) is 3.81. The van der Waals surface area contributed by atoms with E-state index in [0.29, 0.717) is 5.56 Å². The van der Waals surface area contributed by atoms with Crippen LogP contribution in [0.2, 0.25) is 0 Å². The van der Waals surface area contributed by atoms with Crippen LogP contribution in [0, 0.1) is 0 Å². The van der Waals surface area contributed by atoms with Crippen molar-refractivity contribution in [1.82, 2.24) is 4.57 Å². The van der Waals surface area contributed by atoms with Crippen LogP contribution in [0.4, 0.5) is 0 Å². The Morgan fingerprint density at radius 3 is 2.57 bits per heavy atom. The number of rotatable bonds is 8. The Balaban J connectivity index is 2.39. The Morgan fingerprint density at radius 1 is 1.17 bits per heavy atom. The summed E-state index contributed by atoms with van der Waals surface area (Å²) in [4.78, 5) is 24.2. The van der Waals surface area contributed by atoms with Gasteiger partial charge < -0.3 is 9.30 Å². The molecule has 4 heteroatoms. The number of benzene rings is 1. The summed E-state index contributed by atoms with van der Waals surface area (Å²) in [5.74, 6) is -0.244. The number of Topliss-reactive ketones (excluding diaryl/α,β-unsaturated/α-hetero) is 1. The fourth-order valence-corrected chi connectivity index (χ4v) is 3.01. The van der Waals surface area contributed by atoms with Crippen molar-refractivity contribution in [2.24, 2.45) is 0 Å². The molecule has 0 fully saturated rings. The molecule has 0 radical (unpaired) electrons. The van der Waals surface area contributed by atoms with Crippen LogP contribution in [0.1, 0.15) is 62.4 Å². The highest BCUT2D eigenvalue weighted by molar-refractivity contribution is 6.07. The van der Waals surface area contributed by atoms with Gasteiger partial charge in [0.1, 0.15) is 6.04 Å². The van der Waals surface area contributed by atoms with Gasteiger partial charge in [0.25, 0.3) is 0 Å². The lowest BCUT2D eigenvalue weighted by Gasteiger charge is -2.17.